The average Bonchev–Trinajstić information content (AvgIpc) is 2.41. The van der Waals surface area contributed by atoms with E-state index in [-0.39, 0.29) is 18.3 Å². The van der Waals surface area contributed by atoms with Crippen molar-refractivity contribution in [3.63, 3.8) is 0 Å². The Labute approximate surface area is 126 Å². The van der Waals surface area contributed by atoms with E-state index in [9.17, 15) is 10.2 Å². The Kier molecular flexibility index (Phi) is 4.97. The molecule has 6 nitrogen and oxygen atoms in total. The van der Waals surface area contributed by atoms with E-state index in [1.54, 1.807) is 13.8 Å². The zero-order chi connectivity index (χ0) is 15.7. The maximum atomic E-state index is 9.79. The fraction of sp³-hybridized carbons (Fsp3) is 1.00. The molecule has 0 aromatic rings. The molecule has 2 N–H and O–H groups in total. The lowest BCUT2D eigenvalue weighted by Gasteiger charge is -2.46. The molecular formula is C15H28O6. The molecule has 0 unspecified atom stereocenters. The van der Waals surface area contributed by atoms with Crippen molar-refractivity contribution in [1.29, 1.82) is 0 Å². The summed E-state index contributed by atoms with van der Waals surface area (Å²) in [7, 11) is 0. The Balaban J connectivity index is 1.83. The van der Waals surface area contributed by atoms with Gasteiger partial charge in [-0.05, 0) is 13.8 Å². The number of hydrogen-bond donors (Lipinski definition) is 2. The van der Waals surface area contributed by atoms with Crippen LogP contribution < -0.4 is 0 Å². The van der Waals surface area contributed by atoms with Gasteiger partial charge in [-0.3, -0.25) is 0 Å². The number of hydrogen-bond acceptors (Lipinski definition) is 6. The Morgan fingerprint density at radius 1 is 0.952 bits per heavy atom. The summed E-state index contributed by atoms with van der Waals surface area (Å²) in [6, 6.07) is 0. The van der Waals surface area contributed by atoms with Crippen LogP contribution in [0.15, 0.2) is 0 Å². The standard InChI is InChI=1S/C15H28O6/c1-13(2,6-16)12-20-9-15(10-21-12)7-18-11(19-8-15)5-14(3,4)17/h11-12,16-17H,5-10H2,1-4H3. The SMILES string of the molecule is CC(C)(O)CC1OCC2(CO1)COC(C(C)(C)CO)OC2. The maximum absolute atomic E-state index is 9.79. The summed E-state index contributed by atoms with van der Waals surface area (Å²) in [5.41, 5.74) is -1.54. The van der Waals surface area contributed by atoms with Gasteiger partial charge in [0.25, 0.3) is 0 Å². The van der Waals surface area contributed by atoms with Gasteiger partial charge in [-0.15, -0.1) is 0 Å². The van der Waals surface area contributed by atoms with Crippen molar-refractivity contribution in [3.05, 3.63) is 0 Å². The van der Waals surface area contributed by atoms with E-state index in [1.165, 1.54) is 0 Å². The van der Waals surface area contributed by atoms with Crippen LogP contribution in [0.4, 0.5) is 0 Å². The molecule has 2 aliphatic rings. The maximum Gasteiger partial charge on any atom is 0.164 e. The van der Waals surface area contributed by atoms with Gasteiger partial charge in [-0.25, -0.2) is 0 Å². The van der Waals surface area contributed by atoms with E-state index in [1.807, 2.05) is 13.8 Å². The summed E-state index contributed by atoms with van der Waals surface area (Å²) in [4.78, 5) is 0. The van der Waals surface area contributed by atoms with E-state index in [2.05, 4.69) is 0 Å². The van der Waals surface area contributed by atoms with Crippen molar-refractivity contribution in [1.82, 2.24) is 0 Å². The fourth-order valence-corrected chi connectivity index (χ4v) is 2.44. The predicted molar refractivity (Wildman–Crippen MR) is 75.6 cm³/mol. The molecule has 6 heteroatoms. The van der Waals surface area contributed by atoms with Crippen LogP contribution in [0.1, 0.15) is 34.1 Å². The van der Waals surface area contributed by atoms with Crippen LogP contribution in [-0.4, -0.2) is 61.4 Å². The molecule has 124 valence electrons. The van der Waals surface area contributed by atoms with Crippen LogP contribution in [0, 0.1) is 10.8 Å². The van der Waals surface area contributed by atoms with Gasteiger partial charge < -0.3 is 29.2 Å². The van der Waals surface area contributed by atoms with Crippen molar-refractivity contribution in [2.75, 3.05) is 33.0 Å². The van der Waals surface area contributed by atoms with E-state index >= 15 is 0 Å². The first-order valence-electron chi connectivity index (χ1n) is 7.46. The second-order valence-corrected chi connectivity index (χ2v) is 7.67. The molecule has 0 saturated carbocycles. The topological polar surface area (TPSA) is 77.4 Å². The van der Waals surface area contributed by atoms with Crippen molar-refractivity contribution in [2.24, 2.45) is 10.8 Å². The first kappa shape index (κ1) is 17.1. The molecule has 0 radical (unpaired) electrons. The lowest BCUT2D eigenvalue weighted by atomic mass is 9.88. The van der Waals surface area contributed by atoms with Crippen molar-refractivity contribution >= 4 is 0 Å². The molecule has 0 aromatic carbocycles. The zero-order valence-corrected chi connectivity index (χ0v) is 13.4. The third-order valence-electron chi connectivity index (χ3n) is 3.94. The molecule has 2 fully saturated rings. The van der Waals surface area contributed by atoms with Crippen molar-refractivity contribution in [3.8, 4) is 0 Å². The highest BCUT2D eigenvalue weighted by Crippen LogP contribution is 2.36. The highest BCUT2D eigenvalue weighted by Gasteiger charge is 2.45. The summed E-state index contributed by atoms with van der Waals surface area (Å²) < 4.78 is 22.9. The van der Waals surface area contributed by atoms with Crippen LogP contribution in [0.3, 0.4) is 0 Å². The molecule has 21 heavy (non-hydrogen) atoms. The zero-order valence-electron chi connectivity index (χ0n) is 13.4. The van der Waals surface area contributed by atoms with Crippen LogP contribution in [0.25, 0.3) is 0 Å². The lowest BCUT2D eigenvalue weighted by Crippen LogP contribution is -2.55. The second-order valence-electron chi connectivity index (χ2n) is 7.67. The Morgan fingerprint density at radius 3 is 1.86 bits per heavy atom. The van der Waals surface area contributed by atoms with E-state index in [0.717, 1.165) is 0 Å². The fourth-order valence-electron chi connectivity index (χ4n) is 2.44. The average molecular weight is 304 g/mol. The minimum Gasteiger partial charge on any atom is -0.396 e. The Morgan fingerprint density at radius 2 is 1.43 bits per heavy atom. The predicted octanol–water partition coefficient (Wildman–Crippen LogP) is 0.898. The summed E-state index contributed by atoms with van der Waals surface area (Å²) in [5.74, 6) is 0. The molecule has 0 amide bonds. The third-order valence-corrected chi connectivity index (χ3v) is 3.94. The number of ether oxygens (including phenoxy) is 4. The molecule has 0 bridgehead atoms. The summed E-state index contributed by atoms with van der Waals surface area (Å²) in [5, 5.41) is 19.1. The molecule has 1 spiro atoms. The minimum atomic E-state index is -0.815. The van der Waals surface area contributed by atoms with Gasteiger partial charge in [-0.1, -0.05) is 13.8 Å². The summed E-state index contributed by atoms with van der Waals surface area (Å²) in [6.45, 7) is 9.22. The molecular weight excluding hydrogens is 276 g/mol. The normalized spacial score (nSPS) is 35.1. The monoisotopic (exact) mass is 304 g/mol. The van der Waals surface area contributed by atoms with Crippen molar-refractivity contribution in [2.45, 2.75) is 52.3 Å². The molecule has 0 atom stereocenters. The Hall–Kier alpha value is -0.240. The van der Waals surface area contributed by atoms with Gasteiger partial charge in [0.15, 0.2) is 12.6 Å². The van der Waals surface area contributed by atoms with Gasteiger partial charge in [0.1, 0.15) is 0 Å². The van der Waals surface area contributed by atoms with E-state index in [0.29, 0.717) is 32.8 Å². The third kappa shape index (κ3) is 4.37. The molecule has 2 aliphatic heterocycles. The molecule has 0 aliphatic carbocycles. The van der Waals surface area contributed by atoms with Gasteiger partial charge in [0.2, 0.25) is 0 Å². The van der Waals surface area contributed by atoms with E-state index in [4.69, 9.17) is 18.9 Å². The van der Waals surface area contributed by atoms with Gasteiger partial charge in [0.05, 0.1) is 44.1 Å². The smallest absolute Gasteiger partial charge is 0.164 e. The highest BCUT2D eigenvalue weighted by molar-refractivity contribution is 4.87. The highest BCUT2D eigenvalue weighted by atomic mass is 16.7. The van der Waals surface area contributed by atoms with E-state index < -0.39 is 17.3 Å². The first-order chi connectivity index (χ1) is 9.66. The lowest BCUT2D eigenvalue weighted by molar-refractivity contribution is -0.326. The van der Waals surface area contributed by atoms with Gasteiger partial charge >= 0.3 is 0 Å². The molecule has 0 aromatic heterocycles. The number of rotatable bonds is 4. The summed E-state index contributed by atoms with van der Waals surface area (Å²) >= 11 is 0. The molecule has 2 heterocycles. The van der Waals surface area contributed by atoms with Crippen LogP contribution in [0.5, 0.6) is 0 Å². The molecule has 2 rings (SSSR count). The largest absolute Gasteiger partial charge is 0.396 e. The van der Waals surface area contributed by atoms with Crippen LogP contribution in [0.2, 0.25) is 0 Å². The number of aliphatic hydroxyl groups is 2. The Bertz CT molecular complexity index is 331. The van der Waals surface area contributed by atoms with Gasteiger partial charge in [-0.2, -0.15) is 0 Å². The minimum absolute atomic E-state index is 0.00528. The number of aliphatic hydroxyl groups excluding tert-OH is 1. The second kappa shape index (κ2) is 6.10. The van der Waals surface area contributed by atoms with Crippen LogP contribution in [-0.2, 0) is 18.9 Å². The quantitative estimate of drug-likeness (QED) is 0.803. The first-order valence-corrected chi connectivity index (χ1v) is 7.46. The summed E-state index contributed by atoms with van der Waals surface area (Å²) in [6.07, 6.45) is -0.366. The van der Waals surface area contributed by atoms with Gasteiger partial charge in [0, 0.05) is 11.8 Å². The van der Waals surface area contributed by atoms with Crippen molar-refractivity contribution < 1.29 is 29.2 Å². The van der Waals surface area contributed by atoms with Crippen LogP contribution >= 0.6 is 0 Å². The molecule has 2 saturated heterocycles.